The number of carboxylic acid groups (broad SMARTS) is 1. The number of aliphatic carboxylic acids is 1. The average molecular weight is 216 g/mol. The third-order valence-corrected chi connectivity index (χ3v) is 2.20. The van der Waals surface area contributed by atoms with Crippen LogP contribution in [-0.4, -0.2) is 49.7 Å². The minimum absolute atomic E-state index is 0.294. The van der Waals surface area contributed by atoms with Crippen LogP contribution in [0.15, 0.2) is 0 Å². The summed E-state index contributed by atoms with van der Waals surface area (Å²) in [6.45, 7) is 3.12. The summed E-state index contributed by atoms with van der Waals surface area (Å²) in [4.78, 5) is 12.4. The molecule has 15 heavy (non-hydrogen) atoms. The van der Waals surface area contributed by atoms with E-state index in [1.807, 2.05) is 0 Å². The third kappa shape index (κ3) is 13.4. The van der Waals surface area contributed by atoms with Gasteiger partial charge in [0.05, 0.1) is 0 Å². The van der Waals surface area contributed by atoms with Crippen molar-refractivity contribution in [2.75, 3.05) is 33.7 Å². The van der Waals surface area contributed by atoms with Crippen LogP contribution in [0.5, 0.6) is 0 Å². The molecule has 0 atom stereocenters. The SMILES string of the molecule is CN(C)CCCCNCCCCC(=O)O. The van der Waals surface area contributed by atoms with Gasteiger partial charge in [-0.1, -0.05) is 0 Å². The van der Waals surface area contributed by atoms with Gasteiger partial charge in [0.25, 0.3) is 0 Å². The normalized spacial score (nSPS) is 10.9. The molecule has 0 aliphatic heterocycles. The van der Waals surface area contributed by atoms with Crippen molar-refractivity contribution in [3.63, 3.8) is 0 Å². The Kier molecular flexibility index (Phi) is 9.52. The fraction of sp³-hybridized carbons (Fsp3) is 0.909. The molecule has 0 saturated heterocycles. The Morgan fingerprint density at radius 1 is 1.13 bits per heavy atom. The molecule has 90 valence electrons. The van der Waals surface area contributed by atoms with Crippen molar-refractivity contribution in [1.82, 2.24) is 10.2 Å². The smallest absolute Gasteiger partial charge is 0.303 e. The van der Waals surface area contributed by atoms with Crippen molar-refractivity contribution in [3.8, 4) is 0 Å². The number of nitrogens with one attached hydrogen (secondary N) is 1. The molecule has 0 aliphatic rings. The van der Waals surface area contributed by atoms with Gasteiger partial charge in [0.1, 0.15) is 0 Å². The molecule has 4 heteroatoms. The van der Waals surface area contributed by atoms with Crippen molar-refractivity contribution < 1.29 is 9.90 Å². The lowest BCUT2D eigenvalue weighted by Crippen LogP contribution is -2.19. The van der Waals surface area contributed by atoms with Crippen LogP contribution in [0.3, 0.4) is 0 Å². The van der Waals surface area contributed by atoms with Crippen LogP contribution in [0.2, 0.25) is 0 Å². The summed E-state index contributed by atoms with van der Waals surface area (Å²) in [5.74, 6) is -0.694. The molecule has 2 N–H and O–H groups in total. The summed E-state index contributed by atoms with van der Waals surface area (Å²) in [6.07, 6.45) is 4.44. The molecule has 0 radical (unpaired) electrons. The molecule has 0 bridgehead atoms. The summed E-state index contributed by atoms with van der Waals surface area (Å²) in [6, 6.07) is 0. The predicted molar refractivity (Wildman–Crippen MR) is 62.1 cm³/mol. The number of hydrogen-bond donors (Lipinski definition) is 2. The number of carboxylic acids is 1. The first-order valence-corrected chi connectivity index (χ1v) is 5.70. The van der Waals surface area contributed by atoms with E-state index in [2.05, 4.69) is 24.3 Å². The van der Waals surface area contributed by atoms with E-state index in [9.17, 15) is 4.79 Å². The summed E-state index contributed by atoms with van der Waals surface area (Å²) in [7, 11) is 4.17. The minimum Gasteiger partial charge on any atom is -0.481 e. The Morgan fingerprint density at radius 2 is 1.73 bits per heavy atom. The quantitative estimate of drug-likeness (QED) is 0.538. The lowest BCUT2D eigenvalue weighted by Gasteiger charge is -2.09. The summed E-state index contributed by atoms with van der Waals surface area (Å²) >= 11 is 0. The maximum absolute atomic E-state index is 10.2. The first-order chi connectivity index (χ1) is 7.13. The molecule has 0 fully saturated rings. The van der Waals surface area contributed by atoms with Gasteiger partial charge in [-0.2, -0.15) is 0 Å². The van der Waals surface area contributed by atoms with E-state index in [4.69, 9.17) is 5.11 Å². The highest BCUT2D eigenvalue weighted by atomic mass is 16.4. The van der Waals surface area contributed by atoms with Crippen LogP contribution < -0.4 is 5.32 Å². The molecule has 0 rings (SSSR count). The molecule has 0 amide bonds. The van der Waals surface area contributed by atoms with Crippen molar-refractivity contribution in [2.45, 2.75) is 32.1 Å². The molecule has 4 nitrogen and oxygen atoms in total. The Morgan fingerprint density at radius 3 is 2.27 bits per heavy atom. The number of hydrogen-bond acceptors (Lipinski definition) is 3. The summed E-state index contributed by atoms with van der Waals surface area (Å²) in [5.41, 5.74) is 0. The zero-order valence-corrected chi connectivity index (χ0v) is 9.96. The summed E-state index contributed by atoms with van der Waals surface area (Å²) < 4.78 is 0. The Labute approximate surface area is 92.7 Å². The molecular weight excluding hydrogens is 192 g/mol. The highest BCUT2D eigenvalue weighted by molar-refractivity contribution is 5.66. The second-order valence-corrected chi connectivity index (χ2v) is 4.11. The second-order valence-electron chi connectivity index (χ2n) is 4.11. The largest absolute Gasteiger partial charge is 0.481 e. The fourth-order valence-corrected chi connectivity index (χ4v) is 1.33. The Bertz CT molecular complexity index is 161. The monoisotopic (exact) mass is 216 g/mol. The van der Waals surface area contributed by atoms with Crippen LogP contribution in [0.4, 0.5) is 0 Å². The number of unbranched alkanes of at least 4 members (excludes halogenated alkanes) is 2. The van der Waals surface area contributed by atoms with Gasteiger partial charge in [-0.3, -0.25) is 4.79 Å². The van der Waals surface area contributed by atoms with Gasteiger partial charge in [0.2, 0.25) is 0 Å². The number of rotatable bonds is 10. The minimum atomic E-state index is -0.694. The van der Waals surface area contributed by atoms with Crippen molar-refractivity contribution in [3.05, 3.63) is 0 Å². The van der Waals surface area contributed by atoms with Crippen molar-refractivity contribution in [2.24, 2.45) is 0 Å². The Hall–Kier alpha value is -0.610. The van der Waals surface area contributed by atoms with Gasteiger partial charge in [-0.15, -0.1) is 0 Å². The third-order valence-electron chi connectivity index (χ3n) is 2.20. The molecule has 0 aliphatic carbocycles. The van der Waals surface area contributed by atoms with Gasteiger partial charge < -0.3 is 15.3 Å². The topological polar surface area (TPSA) is 52.6 Å². The number of nitrogens with zero attached hydrogens (tertiary/aromatic N) is 1. The molecule has 0 saturated carbocycles. The maximum atomic E-state index is 10.2. The van der Waals surface area contributed by atoms with Crippen LogP contribution in [0.1, 0.15) is 32.1 Å². The molecule has 0 aromatic rings. The van der Waals surface area contributed by atoms with E-state index in [-0.39, 0.29) is 0 Å². The van der Waals surface area contributed by atoms with E-state index < -0.39 is 5.97 Å². The predicted octanol–water partition coefficient (Wildman–Crippen LogP) is 1.17. The molecule has 0 unspecified atom stereocenters. The van der Waals surface area contributed by atoms with E-state index in [0.717, 1.165) is 32.5 Å². The average Bonchev–Trinajstić information content (AvgIpc) is 2.14. The first-order valence-electron chi connectivity index (χ1n) is 5.70. The molecule has 0 heterocycles. The van der Waals surface area contributed by atoms with E-state index in [1.54, 1.807) is 0 Å². The first kappa shape index (κ1) is 14.4. The van der Waals surface area contributed by atoms with Gasteiger partial charge in [0, 0.05) is 6.42 Å². The van der Waals surface area contributed by atoms with Gasteiger partial charge in [-0.05, 0) is 59.4 Å². The van der Waals surface area contributed by atoms with Crippen molar-refractivity contribution >= 4 is 5.97 Å². The Balaban J connectivity index is 2.96. The fourth-order valence-electron chi connectivity index (χ4n) is 1.33. The molecular formula is C11H24N2O2. The van der Waals surface area contributed by atoms with Crippen molar-refractivity contribution in [1.29, 1.82) is 0 Å². The number of carbonyl (C=O) groups is 1. The van der Waals surface area contributed by atoms with E-state index in [1.165, 1.54) is 12.8 Å². The van der Waals surface area contributed by atoms with Crippen LogP contribution in [-0.2, 0) is 4.79 Å². The summed E-state index contributed by atoms with van der Waals surface area (Å²) in [5, 5.41) is 11.7. The molecule has 0 aromatic heterocycles. The van der Waals surface area contributed by atoms with E-state index in [0.29, 0.717) is 6.42 Å². The lowest BCUT2D eigenvalue weighted by atomic mass is 10.2. The molecule has 0 spiro atoms. The highest BCUT2D eigenvalue weighted by Gasteiger charge is 1.96. The van der Waals surface area contributed by atoms with Gasteiger partial charge >= 0.3 is 5.97 Å². The van der Waals surface area contributed by atoms with Crippen LogP contribution >= 0.6 is 0 Å². The van der Waals surface area contributed by atoms with Gasteiger partial charge in [0.15, 0.2) is 0 Å². The zero-order valence-electron chi connectivity index (χ0n) is 9.96. The van der Waals surface area contributed by atoms with Gasteiger partial charge in [-0.25, -0.2) is 0 Å². The standard InChI is InChI=1S/C11H24N2O2/c1-13(2)10-6-5-9-12-8-4-3-7-11(14)15/h12H,3-10H2,1-2H3,(H,14,15). The lowest BCUT2D eigenvalue weighted by molar-refractivity contribution is -0.137. The molecule has 0 aromatic carbocycles. The van der Waals surface area contributed by atoms with E-state index >= 15 is 0 Å². The van der Waals surface area contributed by atoms with Crippen LogP contribution in [0, 0.1) is 0 Å². The zero-order chi connectivity index (χ0) is 11.5. The van der Waals surface area contributed by atoms with Crippen LogP contribution in [0.25, 0.3) is 0 Å². The maximum Gasteiger partial charge on any atom is 0.303 e. The second kappa shape index (κ2) is 9.93. The highest BCUT2D eigenvalue weighted by Crippen LogP contribution is 1.94.